The molecule has 1 aromatic carbocycles. The Bertz CT molecular complexity index is 927. The SMILES string of the molecule is CCCCn1c(-c2csc(-c3ccccc3)n2)cc(C(=O)NC(C)CC)c1C. The summed E-state index contributed by atoms with van der Waals surface area (Å²) in [6.45, 7) is 9.23. The predicted molar refractivity (Wildman–Crippen MR) is 118 cm³/mol. The van der Waals surface area contributed by atoms with Gasteiger partial charge in [-0.25, -0.2) is 4.98 Å². The monoisotopic (exact) mass is 395 g/mol. The van der Waals surface area contributed by atoms with Crippen molar-refractivity contribution < 1.29 is 4.79 Å². The lowest BCUT2D eigenvalue weighted by Crippen LogP contribution is -2.32. The molecule has 5 heteroatoms. The molecule has 4 nitrogen and oxygen atoms in total. The number of rotatable bonds is 8. The summed E-state index contributed by atoms with van der Waals surface area (Å²) >= 11 is 1.64. The first-order valence-electron chi connectivity index (χ1n) is 10.1. The van der Waals surface area contributed by atoms with Crippen LogP contribution in [0.2, 0.25) is 0 Å². The van der Waals surface area contributed by atoms with E-state index in [1.165, 1.54) is 0 Å². The summed E-state index contributed by atoms with van der Waals surface area (Å²) in [5.74, 6) is 0.00172. The molecule has 1 amide bonds. The summed E-state index contributed by atoms with van der Waals surface area (Å²) in [5.41, 5.74) is 4.85. The quantitative estimate of drug-likeness (QED) is 0.515. The van der Waals surface area contributed by atoms with Gasteiger partial charge in [-0.1, -0.05) is 50.6 Å². The van der Waals surface area contributed by atoms with Crippen LogP contribution in [0, 0.1) is 6.92 Å². The summed E-state index contributed by atoms with van der Waals surface area (Å²) in [6.07, 6.45) is 3.10. The molecule has 1 unspecified atom stereocenters. The molecule has 0 fully saturated rings. The zero-order valence-electron chi connectivity index (χ0n) is 17.2. The van der Waals surface area contributed by atoms with E-state index in [0.717, 1.165) is 59.0 Å². The number of thiazole rings is 1. The molecule has 0 aliphatic heterocycles. The number of carbonyl (C=O) groups excluding carboxylic acids is 1. The molecule has 3 rings (SSSR count). The van der Waals surface area contributed by atoms with Crippen molar-refractivity contribution in [3.63, 3.8) is 0 Å². The topological polar surface area (TPSA) is 46.9 Å². The Hall–Kier alpha value is -2.40. The van der Waals surface area contributed by atoms with E-state index in [2.05, 4.69) is 41.2 Å². The molecule has 1 atom stereocenters. The van der Waals surface area contributed by atoms with E-state index in [1.807, 2.05) is 38.1 Å². The lowest BCUT2D eigenvalue weighted by atomic mass is 10.2. The van der Waals surface area contributed by atoms with Crippen LogP contribution in [0.25, 0.3) is 22.0 Å². The van der Waals surface area contributed by atoms with Gasteiger partial charge in [-0.05, 0) is 32.8 Å². The molecule has 28 heavy (non-hydrogen) atoms. The van der Waals surface area contributed by atoms with E-state index < -0.39 is 0 Å². The molecule has 0 aliphatic rings. The fourth-order valence-corrected chi connectivity index (χ4v) is 4.02. The fourth-order valence-electron chi connectivity index (χ4n) is 3.20. The molecular formula is C23H29N3OS. The van der Waals surface area contributed by atoms with Crippen LogP contribution >= 0.6 is 11.3 Å². The second-order valence-corrected chi connectivity index (χ2v) is 8.08. The van der Waals surface area contributed by atoms with E-state index in [-0.39, 0.29) is 11.9 Å². The first-order chi connectivity index (χ1) is 13.5. The Balaban J connectivity index is 1.98. The van der Waals surface area contributed by atoms with Gasteiger partial charge >= 0.3 is 0 Å². The number of amides is 1. The second-order valence-electron chi connectivity index (χ2n) is 7.22. The minimum atomic E-state index is 0.00172. The highest BCUT2D eigenvalue weighted by atomic mass is 32.1. The number of carbonyl (C=O) groups is 1. The Morgan fingerprint density at radius 1 is 1.25 bits per heavy atom. The average molecular weight is 396 g/mol. The van der Waals surface area contributed by atoms with Crippen molar-refractivity contribution >= 4 is 17.2 Å². The van der Waals surface area contributed by atoms with Crippen molar-refractivity contribution in [2.24, 2.45) is 0 Å². The molecule has 0 aliphatic carbocycles. The van der Waals surface area contributed by atoms with Crippen molar-refractivity contribution in [1.29, 1.82) is 0 Å². The van der Waals surface area contributed by atoms with Crippen LogP contribution in [0.4, 0.5) is 0 Å². The van der Waals surface area contributed by atoms with E-state index in [0.29, 0.717) is 0 Å². The second kappa shape index (κ2) is 9.20. The summed E-state index contributed by atoms with van der Waals surface area (Å²) in [7, 11) is 0. The van der Waals surface area contributed by atoms with Crippen LogP contribution in [-0.2, 0) is 6.54 Å². The molecule has 3 aromatic rings. The Morgan fingerprint density at radius 3 is 2.68 bits per heavy atom. The first kappa shape index (κ1) is 20.3. The van der Waals surface area contributed by atoms with Gasteiger partial charge in [0.1, 0.15) is 5.01 Å². The Morgan fingerprint density at radius 2 is 2.00 bits per heavy atom. The van der Waals surface area contributed by atoms with Crippen molar-refractivity contribution in [3.05, 3.63) is 53.0 Å². The zero-order chi connectivity index (χ0) is 20.1. The third kappa shape index (κ3) is 4.36. The van der Waals surface area contributed by atoms with Crippen LogP contribution in [0.3, 0.4) is 0 Å². The normalized spacial score (nSPS) is 12.1. The molecule has 0 saturated heterocycles. The number of nitrogens with zero attached hydrogens (tertiary/aromatic N) is 2. The van der Waals surface area contributed by atoms with Gasteiger partial charge in [0.05, 0.1) is 17.0 Å². The molecule has 0 saturated carbocycles. The standard InChI is InChI=1S/C23H29N3OS/c1-5-7-13-26-17(4)19(22(27)24-16(3)6-2)14-21(26)20-15-28-23(25-20)18-11-9-8-10-12-18/h8-12,14-16H,5-7,13H2,1-4H3,(H,24,27). The molecule has 2 heterocycles. The maximum absolute atomic E-state index is 12.8. The largest absolute Gasteiger partial charge is 0.350 e. The van der Waals surface area contributed by atoms with Gasteiger partial charge in [-0.15, -0.1) is 11.3 Å². The van der Waals surface area contributed by atoms with Gasteiger partial charge in [0.15, 0.2) is 0 Å². The van der Waals surface area contributed by atoms with Gasteiger partial charge in [-0.2, -0.15) is 0 Å². The smallest absolute Gasteiger partial charge is 0.253 e. The number of nitrogens with one attached hydrogen (secondary N) is 1. The fraction of sp³-hybridized carbons (Fsp3) is 0.391. The number of aromatic nitrogens is 2. The molecule has 0 bridgehead atoms. The average Bonchev–Trinajstić information content (AvgIpc) is 3.32. The minimum absolute atomic E-state index is 0.00172. The van der Waals surface area contributed by atoms with Crippen molar-refractivity contribution in [1.82, 2.24) is 14.9 Å². The molecule has 0 spiro atoms. The van der Waals surface area contributed by atoms with Crippen molar-refractivity contribution in [3.8, 4) is 22.0 Å². The third-order valence-electron chi connectivity index (χ3n) is 5.12. The van der Waals surface area contributed by atoms with Crippen LogP contribution in [0.5, 0.6) is 0 Å². The first-order valence-corrected chi connectivity index (χ1v) is 10.9. The Labute approximate surface area is 171 Å². The molecule has 0 radical (unpaired) electrons. The highest BCUT2D eigenvalue weighted by Gasteiger charge is 2.20. The van der Waals surface area contributed by atoms with Gasteiger partial charge in [0.25, 0.3) is 5.91 Å². The number of unbranched alkanes of at least 4 members (excludes halogenated alkanes) is 1. The van der Waals surface area contributed by atoms with Crippen molar-refractivity contribution in [2.75, 3.05) is 0 Å². The molecule has 2 aromatic heterocycles. The molecule has 1 N–H and O–H groups in total. The third-order valence-corrected chi connectivity index (χ3v) is 6.01. The number of hydrogen-bond donors (Lipinski definition) is 1. The lowest BCUT2D eigenvalue weighted by Gasteiger charge is -2.12. The van der Waals surface area contributed by atoms with Gasteiger partial charge in [0, 0.05) is 29.2 Å². The van der Waals surface area contributed by atoms with Crippen LogP contribution in [0.15, 0.2) is 41.8 Å². The summed E-state index contributed by atoms with van der Waals surface area (Å²) in [4.78, 5) is 17.7. The maximum atomic E-state index is 12.8. The molecular weight excluding hydrogens is 366 g/mol. The number of hydrogen-bond acceptors (Lipinski definition) is 3. The van der Waals surface area contributed by atoms with E-state index >= 15 is 0 Å². The van der Waals surface area contributed by atoms with E-state index in [1.54, 1.807) is 11.3 Å². The van der Waals surface area contributed by atoms with Gasteiger partial charge < -0.3 is 9.88 Å². The maximum Gasteiger partial charge on any atom is 0.253 e. The molecule has 148 valence electrons. The zero-order valence-corrected chi connectivity index (χ0v) is 18.0. The highest BCUT2D eigenvalue weighted by molar-refractivity contribution is 7.13. The minimum Gasteiger partial charge on any atom is -0.350 e. The summed E-state index contributed by atoms with van der Waals surface area (Å²) in [5, 5.41) is 6.19. The van der Waals surface area contributed by atoms with Gasteiger partial charge in [0.2, 0.25) is 0 Å². The van der Waals surface area contributed by atoms with Crippen LogP contribution < -0.4 is 5.32 Å². The van der Waals surface area contributed by atoms with Crippen LogP contribution in [-0.4, -0.2) is 21.5 Å². The number of benzene rings is 1. The van der Waals surface area contributed by atoms with Crippen molar-refractivity contribution in [2.45, 2.75) is 59.5 Å². The van der Waals surface area contributed by atoms with E-state index in [9.17, 15) is 4.79 Å². The van der Waals surface area contributed by atoms with Gasteiger partial charge in [-0.3, -0.25) is 4.79 Å². The lowest BCUT2D eigenvalue weighted by molar-refractivity contribution is 0.0938. The van der Waals surface area contributed by atoms with E-state index in [4.69, 9.17) is 4.98 Å². The highest BCUT2D eigenvalue weighted by Crippen LogP contribution is 2.31. The van der Waals surface area contributed by atoms with Crippen LogP contribution in [0.1, 0.15) is 56.1 Å². The summed E-state index contributed by atoms with van der Waals surface area (Å²) < 4.78 is 2.25. The summed E-state index contributed by atoms with van der Waals surface area (Å²) in [6, 6.07) is 12.4. The Kier molecular flexibility index (Phi) is 6.68. The predicted octanol–water partition coefficient (Wildman–Crippen LogP) is 5.92.